The minimum absolute atomic E-state index is 0.573. The van der Waals surface area contributed by atoms with Gasteiger partial charge in [-0.05, 0) is 12.8 Å². The minimum atomic E-state index is -2.86. The van der Waals surface area contributed by atoms with Gasteiger partial charge in [-0.25, -0.2) is 0 Å². The van der Waals surface area contributed by atoms with Crippen LogP contribution in [0.25, 0.3) is 0 Å². The summed E-state index contributed by atoms with van der Waals surface area (Å²) >= 11 is 0. The van der Waals surface area contributed by atoms with E-state index in [4.69, 9.17) is 9.05 Å². The summed E-state index contributed by atoms with van der Waals surface area (Å²) in [6, 6.07) is 0. The highest BCUT2D eigenvalue weighted by Crippen LogP contribution is 2.44. The lowest BCUT2D eigenvalue weighted by atomic mass is 10.1. The Labute approximate surface area is 209 Å². The van der Waals surface area contributed by atoms with Crippen molar-refractivity contribution in [2.75, 3.05) is 19.9 Å². The second-order valence-corrected chi connectivity index (χ2v) is 12.3. The smallest absolute Gasteiger partial charge is 0.309 e. The van der Waals surface area contributed by atoms with Crippen LogP contribution in [0.5, 0.6) is 0 Å². The highest BCUT2D eigenvalue weighted by atomic mass is 31.2. The molecule has 200 valence electrons. The highest BCUT2D eigenvalue weighted by molar-refractivity contribution is 7.52. The third kappa shape index (κ3) is 28.3. The molecule has 0 unspecified atom stereocenters. The molecule has 33 heavy (non-hydrogen) atoms. The molecule has 0 atom stereocenters. The van der Waals surface area contributed by atoms with Gasteiger partial charge < -0.3 is 9.05 Å². The molecule has 0 aromatic rings. The summed E-state index contributed by atoms with van der Waals surface area (Å²) in [5.74, 6) is 0. The fourth-order valence-corrected chi connectivity index (χ4v) is 5.38. The van der Waals surface area contributed by atoms with Crippen molar-refractivity contribution in [3.8, 4) is 0 Å². The Morgan fingerprint density at radius 3 is 0.848 bits per heavy atom. The Hall–Kier alpha value is 0.150. The Kier molecular flexibility index (Phi) is 26.9. The highest BCUT2D eigenvalue weighted by Gasteiger charge is 2.15. The minimum Gasteiger partial charge on any atom is -0.309 e. The van der Waals surface area contributed by atoms with Gasteiger partial charge >= 0.3 is 7.60 Å². The SMILES string of the molecule is CCCCCCCCCCCCCCOP(C)(=O)OCCCCCCCCCCCCCC. The molecule has 0 aromatic carbocycles. The van der Waals surface area contributed by atoms with Crippen molar-refractivity contribution in [3.63, 3.8) is 0 Å². The van der Waals surface area contributed by atoms with Crippen LogP contribution in [0.1, 0.15) is 168 Å². The average Bonchev–Trinajstić information content (AvgIpc) is 2.80. The van der Waals surface area contributed by atoms with Gasteiger partial charge in [-0.15, -0.1) is 0 Å². The normalized spacial score (nSPS) is 12.0. The summed E-state index contributed by atoms with van der Waals surface area (Å²) < 4.78 is 23.5. The van der Waals surface area contributed by atoms with Crippen LogP contribution < -0.4 is 0 Å². The lowest BCUT2D eigenvalue weighted by Gasteiger charge is -2.14. The molecule has 3 nitrogen and oxygen atoms in total. The van der Waals surface area contributed by atoms with Gasteiger partial charge in [-0.1, -0.05) is 155 Å². The first kappa shape index (κ1) is 33.1. The van der Waals surface area contributed by atoms with Gasteiger partial charge in [-0.3, -0.25) is 4.57 Å². The second-order valence-electron chi connectivity index (χ2n) is 10.2. The first-order chi connectivity index (χ1) is 16.1. The van der Waals surface area contributed by atoms with Crippen LogP contribution in [-0.2, 0) is 13.6 Å². The van der Waals surface area contributed by atoms with Crippen molar-refractivity contribution in [1.29, 1.82) is 0 Å². The van der Waals surface area contributed by atoms with Crippen molar-refractivity contribution in [2.45, 2.75) is 168 Å². The lowest BCUT2D eigenvalue weighted by molar-refractivity contribution is 0.202. The zero-order valence-electron chi connectivity index (χ0n) is 23.1. The fourth-order valence-electron chi connectivity index (χ4n) is 4.38. The van der Waals surface area contributed by atoms with Gasteiger partial charge in [0.15, 0.2) is 0 Å². The standard InChI is InChI=1S/C29H61O3P/c1-4-6-8-10-12-14-16-18-20-22-24-26-28-31-33(3,30)32-29-27-25-23-21-19-17-15-13-11-9-7-5-2/h4-29H2,1-3H3. The van der Waals surface area contributed by atoms with E-state index in [0.717, 1.165) is 12.8 Å². The summed E-state index contributed by atoms with van der Waals surface area (Å²) in [6.07, 6.45) is 31.8. The molecule has 0 spiro atoms. The molecule has 0 aromatic heterocycles. The van der Waals surface area contributed by atoms with Crippen LogP contribution in [0.15, 0.2) is 0 Å². The summed E-state index contributed by atoms with van der Waals surface area (Å²) in [6.45, 7) is 7.33. The first-order valence-electron chi connectivity index (χ1n) is 15.0. The van der Waals surface area contributed by atoms with E-state index in [-0.39, 0.29) is 0 Å². The molecule has 0 amide bonds. The van der Waals surface area contributed by atoms with Crippen LogP contribution in [0.4, 0.5) is 0 Å². The quantitative estimate of drug-likeness (QED) is 0.0811. The van der Waals surface area contributed by atoms with Crippen molar-refractivity contribution in [3.05, 3.63) is 0 Å². The van der Waals surface area contributed by atoms with Crippen LogP contribution >= 0.6 is 7.60 Å². The second kappa shape index (κ2) is 26.7. The molecular weight excluding hydrogens is 427 g/mol. The van der Waals surface area contributed by atoms with Crippen LogP contribution in [-0.4, -0.2) is 19.9 Å². The number of hydrogen-bond donors (Lipinski definition) is 0. The van der Waals surface area contributed by atoms with Crippen LogP contribution in [0.2, 0.25) is 0 Å². The molecule has 0 radical (unpaired) electrons. The van der Waals surface area contributed by atoms with Crippen LogP contribution in [0.3, 0.4) is 0 Å². The van der Waals surface area contributed by atoms with E-state index in [1.54, 1.807) is 6.66 Å². The molecule has 4 heteroatoms. The Bertz CT molecular complexity index is 380. The van der Waals surface area contributed by atoms with Crippen molar-refractivity contribution in [2.24, 2.45) is 0 Å². The molecule has 0 aliphatic rings. The zero-order chi connectivity index (χ0) is 24.3. The molecule has 0 aliphatic heterocycles. The maximum atomic E-state index is 12.4. The maximum absolute atomic E-state index is 12.4. The van der Waals surface area contributed by atoms with E-state index in [9.17, 15) is 4.57 Å². The van der Waals surface area contributed by atoms with E-state index in [1.165, 1.54) is 141 Å². The Morgan fingerprint density at radius 2 is 0.606 bits per heavy atom. The summed E-state index contributed by atoms with van der Waals surface area (Å²) in [5, 5.41) is 0. The monoisotopic (exact) mass is 488 g/mol. The van der Waals surface area contributed by atoms with Crippen molar-refractivity contribution < 1.29 is 13.6 Å². The molecular formula is C29H61O3P. The Morgan fingerprint density at radius 1 is 0.394 bits per heavy atom. The van der Waals surface area contributed by atoms with Gasteiger partial charge in [0, 0.05) is 6.66 Å². The molecule has 0 fully saturated rings. The van der Waals surface area contributed by atoms with Gasteiger partial charge in [0.1, 0.15) is 0 Å². The number of unbranched alkanes of at least 4 members (excludes halogenated alkanes) is 22. The summed E-state index contributed by atoms with van der Waals surface area (Å²) in [5.41, 5.74) is 0. The van der Waals surface area contributed by atoms with Gasteiger partial charge in [-0.2, -0.15) is 0 Å². The molecule has 0 rings (SSSR count). The summed E-state index contributed by atoms with van der Waals surface area (Å²) in [4.78, 5) is 0. The predicted molar refractivity (Wildman–Crippen MR) is 148 cm³/mol. The van der Waals surface area contributed by atoms with E-state index >= 15 is 0 Å². The molecule has 0 heterocycles. The van der Waals surface area contributed by atoms with Gasteiger partial charge in [0.25, 0.3) is 0 Å². The molecule has 0 bridgehead atoms. The third-order valence-electron chi connectivity index (χ3n) is 6.65. The summed E-state index contributed by atoms with van der Waals surface area (Å²) in [7, 11) is -2.86. The zero-order valence-corrected chi connectivity index (χ0v) is 24.0. The first-order valence-corrected chi connectivity index (χ1v) is 17.0. The van der Waals surface area contributed by atoms with E-state index in [2.05, 4.69) is 13.8 Å². The topological polar surface area (TPSA) is 35.5 Å². The molecule has 0 aliphatic carbocycles. The maximum Gasteiger partial charge on any atom is 0.327 e. The number of rotatable bonds is 28. The molecule has 0 saturated heterocycles. The van der Waals surface area contributed by atoms with E-state index in [1.807, 2.05) is 0 Å². The molecule has 0 saturated carbocycles. The largest absolute Gasteiger partial charge is 0.327 e. The third-order valence-corrected chi connectivity index (χ3v) is 7.95. The predicted octanol–water partition coefficient (Wildman–Crippen LogP) is 11.2. The van der Waals surface area contributed by atoms with Gasteiger partial charge in [0.2, 0.25) is 0 Å². The van der Waals surface area contributed by atoms with Crippen molar-refractivity contribution >= 4 is 7.60 Å². The lowest BCUT2D eigenvalue weighted by Crippen LogP contribution is -1.98. The van der Waals surface area contributed by atoms with E-state index in [0.29, 0.717) is 13.2 Å². The number of hydrogen-bond acceptors (Lipinski definition) is 3. The van der Waals surface area contributed by atoms with Gasteiger partial charge in [0.05, 0.1) is 13.2 Å². The molecule has 0 N–H and O–H groups in total. The Balaban J connectivity index is 3.29. The van der Waals surface area contributed by atoms with Crippen LogP contribution in [0, 0.1) is 0 Å². The van der Waals surface area contributed by atoms with E-state index < -0.39 is 7.60 Å². The average molecular weight is 489 g/mol. The van der Waals surface area contributed by atoms with Crippen molar-refractivity contribution in [1.82, 2.24) is 0 Å². The fraction of sp³-hybridized carbons (Fsp3) is 1.00.